The van der Waals surface area contributed by atoms with E-state index in [1.54, 1.807) is 0 Å². The SMILES string of the molecule is Cc1cc(OCc2c(S(C)(=O)=O)ccc(C(=O)C3=C(O)CCCC3=O)c2Cl)n(CC(F)(F)F)n1. The lowest BCUT2D eigenvalue weighted by atomic mass is 9.90. The number of aliphatic hydroxyl groups is 1. The van der Waals surface area contributed by atoms with E-state index in [4.69, 9.17) is 16.3 Å². The Morgan fingerprint density at radius 3 is 2.56 bits per heavy atom. The van der Waals surface area contributed by atoms with Crippen LogP contribution in [0.5, 0.6) is 5.88 Å². The van der Waals surface area contributed by atoms with Crippen LogP contribution >= 0.6 is 11.6 Å². The second-order valence-electron chi connectivity index (χ2n) is 7.79. The van der Waals surface area contributed by atoms with Gasteiger partial charge in [-0.15, -0.1) is 0 Å². The number of ketones is 2. The quantitative estimate of drug-likeness (QED) is 0.431. The summed E-state index contributed by atoms with van der Waals surface area (Å²) in [4.78, 5) is 24.9. The number of alkyl halides is 3. The van der Waals surface area contributed by atoms with Crippen LogP contribution in [0.25, 0.3) is 0 Å². The Balaban J connectivity index is 2.04. The van der Waals surface area contributed by atoms with Gasteiger partial charge in [0.25, 0.3) is 0 Å². The van der Waals surface area contributed by atoms with Crippen LogP contribution in [-0.2, 0) is 27.8 Å². The number of sulfone groups is 1. The summed E-state index contributed by atoms with van der Waals surface area (Å²) in [5, 5.41) is 13.4. The highest BCUT2D eigenvalue weighted by Crippen LogP contribution is 2.33. The summed E-state index contributed by atoms with van der Waals surface area (Å²) >= 11 is 6.36. The van der Waals surface area contributed by atoms with Crippen molar-refractivity contribution in [2.75, 3.05) is 6.26 Å². The summed E-state index contributed by atoms with van der Waals surface area (Å²) in [5.74, 6) is -2.12. The normalized spacial score (nSPS) is 15.1. The number of Topliss-reactive ketones (excluding diaryl/α,β-unsaturated/α-hetero) is 2. The maximum absolute atomic E-state index is 13.0. The number of halogens is 4. The number of ether oxygens (including phenoxy) is 1. The topological polar surface area (TPSA) is 116 Å². The first kappa shape index (κ1) is 25.8. The molecule has 1 aliphatic rings. The molecule has 13 heteroatoms. The van der Waals surface area contributed by atoms with Crippen molar-refractivity contribution in [1.29, 1.82) is 0 Å². The van der Waals surface area contributed by atoms with Crippen molar-refractivity contribution >= 4 is 33.0 Å². The van der Waals surface area contributed by atoms with Crippen LogP contribution in [0.2, 0.25) is 5.02 Å². The van der Waals surface area contributed by atoms with Crippen LogP contribution in [0.15, 0.2) is 34.4 Å². The Bertz CT molecular complexity index is 1300. The van der Waals surface area contributed by atoms with Crippen LogP contribution in [0, 0.1) is 6.92 Å². The molecule has 0 saturated carbocycles. The molecule has 1 N–H and O–H groups in total. The first-order valence-corrected chi connectivity index (χ1v) is 12.2. The van der Waals surface area contributed by atoms with Gasteiger partial charge in [-0.25, -0.2) is 13.1 Å². The summed E-state index contributed by atoms with van der Waals surface area (Å²) in [6.07, 6.45) is -3.12. The monoisotopic (exact) mass is 520 g/mol. The predicted octanol–water partition coefficient (Wildman–Crippen LogP) is 4.14. The van der Waals surface area contributed by atoms with Gasteiger partial charge < -0.3 is 9.84 Å². The lowest BCUT2D eigenvalue weighted by Crippen LogP contribution is -2.21. The number of allylic oxidation sites excluding steroid dienone is 2. The molecule has 184 valence electrons. The molecule has 1 heterocycles. The van der Waals surface area contributed by atoms with Crippen LogP contribution in [0.1, 0.15) is 40.9 Å². The Kier molecular flexibility index (Phi) is 7.13. The molecule has 0 atom stereocenters. The minimum Gasteiger partial charge on any atom is -0.511 e. The molecule has 1 aromatic heterocycles. The highest BCUT2D eigenvalue weighted by atomic mass is 35.5. The van der Waals surface area contributed by atoms with Gasteiger partial charge in [0, 0.05) is 36.3 Å². The largest absolute Gasteiger partial charge is 0.511 e. The molecule has 8 nitrogen and oxygen atoms in total. The van der Waals surface area contributed by atoms with E-state index in [0.717, 1.165) is 18.4 Å². The molecule has 2 aromatic rings. The van der Waals surface area contributed by atoms with Gasteiger partial charge in [-0.2, -0.15) is 18.3 Å². The summed E-state index contributed by atoms with van der Waals surface area (Å²) in [6, 6.07) is 3.44. The first-order chi connectivity index (χ1) is 15.7. The number of aryl methyl sites for hydroxylation is 1. The Morgan fingerprint density at radius 2 is 1.97 bits per heavy atom. The Hall–Kier alpha value is -2.86. The summed E-state index contributed by atoms with van der Waals surface area (Å²) in [6.45, 7) is -0.587. The maximum atomic E-state index is 13.0. The van der Waals surface area contributed by atoms with E-state index in [0.29, 0.717) is 11.1 Å². The lowest BCUT2D eigenvalue weighted by molar-refractivity contribution is -0.143. The molecule has 1 aromatic carbocycles. The van der Waals surface area contributed by atoms with Gasteiger partial charge in [-0.1, -0.05) is 11.6 Å². The van der Waals surface area contributed by atoms with Crippen molar-refractivity contribution in [2.24, 2.45) is 0 Å². The molecular weight excluding hydrogens is 501 g/mol. The van der Waals surface area contributed by atoms with E-state index in [1.165, 1.54) is 13.0 Å². The molecule has 34 heavy (non-hydrogen) atoms. The first-order valence-electron chi connectivity index (χ1n) is 9.94. The molecule has 0 aliphatic heterocycles. The average Bonchev–Trinajstić information content (AvgIpc) is 3.02. The van der Waals surface area contributed by atoms with Gasteiger partial charge in [0.15, 0.2) is 15.6 Å². The minimum atomic E-state index is -4.58. The fourth-order valence-electron chi connectivity index (χ4n) is 3.55. The van der Waals surface area contributed by atoms with E-state index < -0.39 is 46.3 Å². The smallest absolute Gasteiger partial charge is 0.408 e. The number of benzene rings is 1. The molecule has 0 saturated heterocycles. The zero-order valence-corrected chi connectivity index (χ0v) is 19.6. The molecule has 0 amide bonds. The average molecular weight is 521 g/mol. The zero-order valence-electron chi connectivity index (χ0n) is 18.1. The number of carbonyl (C=O) groups is 2. The molecule has 3 rings (SSSR count). The van der Waals surface area contributed by atoms with E-state index >= 15 is 0 Å². The van der Waals surface area contributed by atoms with Gasteiger partial charge in [0.1, 0.15) is 24.5 Å². The number of aromatic nitrogens is 2. The summed E-state index contributed by atoms with van der Waals surface area (Å²) < 4.78 is 69.2. The van der Waals surface area contributed by atoms with E-state index in [-0.39, 0.29) is 51.2 Å². The van der Waals surface area contributed by atoms with Crippen LogP contribution in [0.3, 0.4) is 0 Å². The number of nitrogens with zero attached hydrogens (tertiary/aromatic N) is 2. The van der Waals surface area contributed by atoms with E-state index in [9.17, 15) is 36.3 Å². The second-order valence-corrected chi connectivity index (χ2v) is 10.2. The molecule has 0 spiro atoms. The van der Waals surface area contributed by atoms with Gasteiger partial charge in [0.2, 0.25) is 11.7 Å². The fourth-order valence-corrected chi connectivity index (χ4v) is 4.83. The predicted molar refractivity (Wildman–Crippen MR) is 115 cm³/mol. The molecule has 1 aliphatic carbocycles. The lowest BCUT2D eigenvalue weighted by Gasteiger charge is -2.18. The van der Waals surface area contributed by atoms with Crippen LogP contribution in [0.4, 0.5) is 13.2 Å². The summed E-state index contributed by atoms with van der Waals surface area (Å²) in [5.41, 5.74) is -0.623. The molecular formula is C21H20ClF3N2O6S. The standard InChI is InChI=1S/C21H20ClF3N2O6S/c1-11-8-17(27(26-11)10-21(23,24)25)33-9-13-16(34(2,31)32)7-6-12(19(13)22)20(30)18-14(28)4-3-5-15(18)29/h6-8,28H,3-5,9-10H2,1-2H3. The molecule has 0 unspecified atom stereocenters. The molecule has 0 radical (unpaired) electrons. The van der Waals surface area contributed by atoms with Crippen LogP contribution < -0.4 is 4.74 Å². The second kappa shape index (κ2) is 9.41. The van der Waals surface area contributed by atoms with Gasteiger partial charge >= 0.3 is 6.18 Å². The number of hydrogen-bond donors (Lipinski definition) is 1. The fraction of sp³-hybridized carbons (Fsp3) is 0.381. The van der Waals surface area contributed by atoms with Crippen molar-refractivity contribution in [3.05, 3.63) is 51.4 Å². The van der Waals surface area contributed by atoms with Crippen molar-refractivity contribution in [3.8, 4) is 5.88 Å². The highest BCUT2D eigenvalue weighted by Gasteiger charge is 2.32. The van der Waals surface area contributed by atoms with Crippen molar-refractivity contribution < 1.29 is 41.0 Å². The van der Waals surface area contributed by atoms with E-state index in [2.05, 4.69) is 5.10 Å². The number of aliphatic hydroxyl groups excluding tert-OH is 1. The zero-order chi connectivity index (χ0) is 25.4. The van der Waals surface area contributed by atoms with Crippen molar-refractivity contribution in [2.45, 2.75) is 50.4 Å². The number of hydrogen-bond acceptors (Lipinski definition) is 7. The number of rotatable bonds is 7. The molecule has 0 bridgehead atoms. The van der Waals surface area contributed by atoms with Crippen LogP contribution in [-0.4, -0.2) is 47.3 Å². The Morgan fingerprint density at radius 1 is 1.29 bits per heavy atom. The highest BCUT2D eigenvalue weighted by molar-refractivity contribution is 7.90. The third-order valence-electron chi connectivity index (χ3n) is 5.01. The van der Waals surface area contributed by atoms with Crippen molar-refractivity contribution in [1.82, 2.24) is 9.78 Å². The number of carbonyl (C=O) groups excluding carboxylic acids is 2. The third-order valence-corrected chi connectivity index (χ3v) is 6.63. The van der Waals surface area contributed by atoms with Gasteiger partial charge in [0.05, 0.1) is 15.6 Å². The minimum absolute atomic E-state index is 0.0582. The third kappa shape index (κ3) is 5.61. The molecule has 0 fully saturated rings. The van der Waals surface area contributed by atoms with Gasteiger partial charge in [-0.05, 0) is 25.5 Å². The van der Waals surface area contributed by atoms with Crippen molar-refractivity contribution in [3.63, 3.8) is 0 Å². The summed E-state index contributed by atoms with van der Waals surface area (Å²) in [7, 11) is -3.89. The maximum Gasteiger partial charge on any atom is 0.408 e. The Labute approximate surface area is 197 Å². The van der Waals surface area contributed by atoms with E-state index in [1.807, 2.05) is 0 Å². The van der Waals surface area contributed by atoms with Gasteiger partial charge in [-0.3, -0.25) is 9.59 Å².